The van der Waals surface area contributed by atoms with E-state index in [2.05, 4.69) is 0 Å². The Morgan fingerprint density at radius 1 is 0.481 bits per heavy atom. The Bertz CT molecular complexity index is 2560. The van der Waals surface area contributed by atoms with Crippen molar-refractivity contribution in [2.24, 2.45) is 11.8 Å². The van der Waals surface area contributed by atoms with E-state index < -0.39 is 86.6 Å². The van der Waals surface area contributed by atoms with Crippen molar-refractivity contribution < 1.29 is 89.2 Å². The number of likely N-dealkylation sites (tertiary alicyclic amines) is 2. The highest BCUT2D eigenvalue weighted by molar-refractivity contribution is 5.78. The fraction of sp³-hybridized carbons (Fsp3) is 0.541. The standard InChI is InChI=1S/C61H78N2O18/c64-34-48-54(72)56(74)58(76)60(80-48)78-46-18-16-38(30-44(46)42-12-2-10-40(28-42)32-52(68)69)8-4-14-50(66)62-24-20-36(21-25-62)6-1-7-37-22-26-63(27-23-37)51(67)15-5-9-39-17-19-47(79-61-59(77)57(75)55(73)49(35-65)81-61)45(31-39)43-13-3-11-41(29-43)33-53(70)71/h2-3,10-13,16-19,28-31,36-37,48-49,54-61,64-65,72-77H,1,4-9,14-15,20-27,32-35H2,(H,68,69)(H,70,71)/t48-,49-,54-,55-,56+,57+,58+,59+,60+,61+/m1/s1. The van der Waals surface area contributed by atoms with Crippen molar-refractivity contribution in [3.63, 3.8) is 0 Å². The van der Waals surface area contributed by atoms with Crippen LogP contribution >= 0.6 is 0 Å². The highest BCUT2D eigenvalue weighted by atomic mass is 16.7. The van der Waals surface area contributed by atoms with Crippen LogP contribution in [0.1, 0.15) is 92.9 Å². The Morgan fingerprint density at radius 3 is 1.25 bits per heavy atom. The smallest absolute Gasteiger partial charge is 0.307 e. The number of aliphatic hydroxyl groups is 8. The number of carboxylic acids is 2. The summed E-state index contributed by atoms with van der Waals surface area (Å²) in [6.45, 7) is 1.66. The summed E-state index contributed by atoms with van der Waals surface area (Å²) in [4.78, 5) is 53.8. The fourth-order valence-corrected chi connectivity index (χ4v) is 11.6. The van der Waals surface area contributed by atoms with Crippen molar-refractivity contribution in [1.29, 1.82) is 0 Å². The van der Waals surface area contributed by atoms with Crippen LogP contribution in [0.3, 0.4) is 0 Å². The number of nitrogens with zero attached hydrogens (tertiary/aromatic N) is 2. The van der Waals surface area contributed by atoms with E-state index in [1.54, 1.807) is 60.7 Å². The maximum Gasteiger partial charge on any atom is 0.307 e. The molecule has 10 atom stereocenters. The van der Waals surface area contributed by atoms with Crippen LogP contribution in [0.4, 0.5) is 0 Å². The first-order valence-electron chi connectivity index (χ1n) is 28.4. The number of piperidine rings is 2. The number of hydrogen-bond donors (Lipinski definition) is 10. The van der Waals surface area contributed by atoms with Gasteiger partial charge in [-0.2, -0.15) is 0 Å². The molecule has 4 aromatic rings. The number of carboxylic acid groups (broad SMARTS) is 2. The van der Waals surface area contributed by atoms with Crippen LogP contribution in [-0.2, 0) is 54.3 Å². The van der Waals surface area contributed by atoms with Gasteiger partial charge in [-0.15, -0.1) is 0 Å². The molecule has 0 aliphatic carbocycles. The zero-order valence-electron chi connectivity index (χ0n) is 45.5. The fourth-order valence-electron chi connectivity index (χ4n) is 11.6. The molecule has 0 bridgehead atoms. The molecule has 440 valence electrons. The maximum atomic E-state index is 13.4. The minimum atomic E-state index is -1.63. The third-order valence-electron chi connectivity index (χ3n) is 16.3. The van der Waals surface area contributed by atoms with Gasteiger partial charge < -0.3 is 79.8 Å². The molecule has 4 aromatic carbocycles. The van der Waals surface area contributed by atoms with E-state index in [1.165, 1.54) is 0 Å². The second kappa shape index (κ2) is 28.8. The number of aliphatic carboxylic acids is 2. The quantitative estimate of drug-likeness (QED) is 0.0479. The van der Waals surface area contributed by atoms with Crippen LogP contribution in [0.5, 0.6) is 11.5 Å². The van der Waals surface area contributed by atoms with Gasteiger partial charge >= 0.3 is 11.9 Å². The van der Waals surface area contributed by atoms with Crippen LogP contribution < -0.4 is 9.47 Å². The molecule has 4 heterocycles. The first-order valence-corrected chi connectivity index (χ1v) is 28.4. The first-order chi connectivity index (χ1) is 39.0. The highest BCUT2D eigenvalue weighted by Crippen LogP contribution is 2.38. The molecule has 4 aliphatic rings. The Morgan fingerprint density at radius 2 is 0.877 bits per heavy atom. The highest BCUT2D eigenvalue weighted by Gasteiger charge is 2.46. The molecule has 81 heavy (non-hydrogen) atoms. The average Bonchev–Trinajstić information content (AvgIpc) is 3.50. The first kappa shape index (κ1) is 61.0. The molecule has 0 unspecified atom stereocenters. The van der Waals surface area contributed by atoms with E-state index in [0.29, 0.717) is 83.7 Å². The lowest BCUT2D eigenvalue weighted by Gasteiger charge is -2.39. The van der Waals surface area contributed by atoms with Gasteiger partial charge in [-0.1, -0.05) is 79.9 Å². The lowest BCUT2D eigenvalue weighted by atomic mass is 9.86. The zero-order chi connectivity index (χ0) is 57.7. The number of aryl methyl sites for hydroxylation is 2. The van der Waals surface area contributed by atoms with Gasteiger partial charge in [-0.25, -0.2) is 0 Å². The summed E-state index contributed by atoms with van der Waals surface area (Å²) in [6, 6.07) is 24.8. The van der Waals surface area contributed by atoms with Gasteiger partial charge in [0.15, 0.2) is 0 Å². The predicted octanol–water partition coefficient (Wildman–Crippen LogP) is 3.63. The van der Waals surface area contributed by atoms with E-state index in [4.69, 9.17) is 18.9 Å². The average molecular weight is 1130 g/mol. The van der Waals surface area contributed by atoms with Crippen molar-refractivity contribution in [3.05, 3.63) is 107 Å². The van der Waals surface area contributed by atoms with Crippen LogP contribution in [0.25, 0.3) is 22.3 Å². The van der Waals surface area contributed by atoms with Crippen molar-refractivity contribution in [2.75, 3.05) is 39.4 Å². The molecule has 8 rings (SSSR count). The Hall–Kier alpha value is -6.04. The van der Waals surface area contributed by atoms with Crippen molar-refractivity contribution in [3.8, 4) is 33.8 Å². The van der Waals surface area contributed by atoms with Crippen LogP contribution in [-0.4, -0.2) is 185 Å². The Kier molecular flexibility index (Phi) is 21.7. The largest absolute Gasteiger partial charge is 0.481 e. The molecule has 10 N–H and O–H groups in total. The lowest BCUT2D eigenvalue weighted by molar-refractivity contribution is -0.277. The molecule has 4 saturated heterocycles. The van der Waals surface area contributed by atoms with Crippen molar-refractivity contribution in [1.82, 2.24) is 9.80 Å². The second-order valence-electron chi connectivity index (χ2n) is 22.1. The summed E-state index contributed by atoms with van der Waals surface area (Å²) in [6.07, 6.45) is -4.95. The van der Waals surface area contributed by atoms with Crippen molar-refractivity contribution >= 4 is 23.8 Å². The number of carbonyl (C=O) groups excluding carboxylic acids is 2. The predicted molar refractivity (Wildman–Crippen MR) is 294 cm³/mol. The van der Waals surface area contributed by atoms with E-state index in [0.717, 1.165) is 82.3 Å². The van der Waals surface area contributed by atoms with Gasteiger partial charge in [0.25, 0.3) is 0 Å². The van der Waals surface area contributed by atoms with Gasteiger partial charge in [0.1, 0.15) is 60.3 Å². The van der Waals surface area contributed by atoms with E-state index in [-0.39, 0.29) is 36.2 Å². The van der Waals surface area contributed by atoms with E-state index in [1.807, 2.05) is 34.1 Å². The summed E-state index contributed by atoms with van der Waals surface area (Å²) >= 11 is 0. The van der Waals surface area contributed by atoms with Crippen LogP contribution in [0.2, 0.25) is 0 Å². The molecule has 0 spiro atoms. The topological polar surface area (TPSA) is 314 Å². The van der Waals surface area contributed by atoms with Crippen LogP contribution in [0, 0.1) is 11.8 Å². The molecule has 2 amide bonds. The summed E-state index contributed by atoms with van der Waals surface area (Å²) < 4.78 is 23.4. The zero-order valence-corrected chi connectivity index (χ0v) is 45.5. The third-order valence-corrected chi connectivity index (χ3v) is 16.3. The number of rotatable bonds is 24. The molecule has 0 radical (unpaired) electrons. The van der Waals surface area contributed by atoms with Gasteiger partial charge in [0.2, 0.25) is 24.4 Å². The molecule has 0 aromatic heterocycles. The number of carbonyl (C=O) groups is 4. The molecule has 4 aliphatic heterocycles. The van der Waals surface area contributed by atoms with Crippen LogP contribution in [0.15, 0.2) is 84.9 Å². The summed E-state index contributed by atoms with van der Waals surface area (Å²) in [7, 11) is 0. The SMILES string of the molecule is O=C(O)Cc1cccc(-c2cc(CCCC(=O)N3CCC(CCCC4CCN(C(=O)CCCc5ccc(O[C@H]6O[C@H](CO)[C@@H](O)[C@H](O)[C@@H]6O)c(-c6cccc(CC(=O)O)c6)c5)CC4)CC3)ccc2O[C@H]2O[C@H](CO)[C@@H](O)[C@H](O)[C@@H]2O)c1. The lowest BCUT2D eigenvalue weighted by Crippen LogP contribution is -2.60. The minimum Gasteiger partial charge on any atom is -0.481 e. The van der Waals surface area contributed by atoms with Gasteiger partial charge in [-0.05, 0) is 121 Å². The second-order valence-corrected chi connectivity index (χ2v) is 22.1. The summed E-state index contributed by atoms with van der Waals surface area (Å²) in [5, 5.41) is 101. The minimum absolute atomic E-state index is 0.113. The number of amides is 2. The molecule has 4 fully saturated rings. The van der Waals surface area contributed by atoms with Gasteiger partial charge in [-0.3, -0.25) is 19.2 Å². The number of aliphatic hydroxyl groups excluding tert-OH is 8. The molecular formula is C61H78N2O18. The monoisotopic (exact) mass is 1130 g/mol. The number of benzene rings is 4. The normalized spacial score (nSPS) is 25.6. The molecule has 20 nitrogen and oxygen atoms in total. The van der Waals surface area contributed by atoms with Crippen molar-refractivity contribution in [2.45, 2.75) is 158 Å². The Labute approximate surface area is 471 Å². The molecular weight excluding hydrogens is 1050 g/mol. The molecule has 20 heteroatoms. The van der Waals surface area contributed by atoms with Gasteiger partial charge in [0.05, 0.1) is 26.1 Å². The number of hydrogen-bond acceptors (Lipinski definition) is 16. The maximum absolute atomic E-state index is 13.4. The molecule has 0 saturated carbocycles. The summed E-state index contributed by atoms with van der Waals surface area (Å²) in [5.41, 5.74) is 5.36. The van der Waals surface area contributed by atoms with Gasteiger partial charge in [0, 0.05) is 50.1 Å². The third kappa shape index (κ3) is 16.2. The number of ether oxygens (including phenoxy) is 4. The Balaban J connectivity index is 0.752. The van der Waals surface area contributed by atoms with E-state index in [9.17, 15) is 70.2 Å². The summed E-state index contributed by atoms with van der Waals surface area (Å²) in [5.74, 6) is -0.111. The van der Waals surface area contributed by atoms with E-state index >= 15 is 0 Å².